The van der Waals surface area contributed by atoms with E-state index >= 15 is 0 Å². The normalized spacial score (nSPS) is 23.9. The van der Waals surface area contributed by atoms with E-state index in [0.29, 0.717) is 19.7 Å². The number of carbonyl (C=O) groups is 1. The summed E-state index contributed by atoms with van der Waals surface area (Å²) in [6, 6.07) is 8.11. The highest BCUT2D eigenvalue weighted by atomic mass is 16.6. The van der Waals surface area contributed by atoms with Crippen molar-refractivity contribution in [3.8, 4) is 0 Å². The minimum Gasteiger partial charge on any atom is -0.447 e. The van der Waals surface area contributed by atoms with Gasteiger partial charge in [0.05, 0.1) is 5.54 Å². The lowest BCUT2D eigenvalue weighted by molar-refractivity contribution is 0.151. The molecule has 0 aliphatic carbocycles. The van der Waals surface area contributed by atoms with Crippen molar-refractivity contribution >= 4 is 6.09 Å². The van der Waals surface area contributed by atoms with Crippen LogP contribution in [-0.2, 0) is 11.3 Å². The van der Waals surface area contributed by atoms with Crippen LogP contribution in [0.2, 0.25) is 0 Å². The number of hydrogen-bond acceptors (Lipinski definition) is 3. The number of aryl methyl sites for hydroxylation is 1. The maximum Gasteiger partial charge on any atom is 0.410 e. The fourth-order valence-electron chi connectivity index (χ4n) is 2.01. The highest BCUT2D eigenvalue weighted by Crippen LogP contribution is 2.25. The quantitative estimate of drug-likeness (QED) is 0.865. The third kappa shape index (κ3) is 2.26. The Hall–Kier alpha value is -1.55. The molecule has 1 unspecified atom stereocenters. The molecule has 4 nitrogen and oxygen atoms in total. The van der Waals surface area contributed by atoms with Gasteiger partial charge in [0.2, 0.25) is 0 Å². The zero-order chi connectivity index (χ0) is 12.5. The highest BCUT2D eigenvalue weighted by Gasteiger charge is 2.42. The van der Waals surface area contributed by atoms with Gasteiger partial charge >= 0.3 is 6.09 Å². The van der Waals surface area contributed by atoms with Gasteiger partial charge in [0, 0.05) is 13.1 Å². The van der Waals surface area contributed by atoms with Crippen molar-refractivity contribution in [1.82, 2.24) is 4.90 Å². The Balaban J connectivity index is 2.19. The summed E-state index contributed by atoms with van der Waals surface area (Å²) in [4.78, 5) is 13.4. The smallest absolute Gasteiger partial charge is 0.410 e. The lowest BCUT2D eigenvalue weighted by Crippen LogP contribution is -2.49. The van der Waals surface area contributed by atoms with Crippen LogP contribution in [-0.4, -0.2) is 29.7 Å². The first-order valence-electron chi connectivity index (χ1n) is 5.75. The predicted octanol–water partition coefficient (Wildman–Crippen LogP) is 1.66. The number of rotatable bonds is 3. The molecule has 1 aliphatic heterocycles. The van der Waals surface area contributed by atoms with E-state index in [9.17, 15) is 4.79 Å². The van der Waals surface area contributed by atoms with Crippen LogP contribution in [0.3, 0.4) is 0 Å². The summed E-state index contributed by atoms with van der Waals surface area (Å²) in [6.45, 7) is 5.31. The first kappa shape index (κ1) is 11.9. The molecule has 0 bridgehead atoms. The van der Waals surface area contributed by atoms with E-state index in [-0.39, 0.29) is 11.6 Å². The van der Waals surface area contributed by atoms with Crippen LogP contribution in [0.1, 0.15) is 18.1 Å². The maximum atomic E-state index is 11.7. The molecule has 1 fully saturated rings. The Morgan fingerprint density at radius 1 is 1.53 bits per heavy atom. The van der Waals surface area contributed by atoms with Gasteiger partial charge in [-0.1, -0.05) is 29.8 Å². The van der Waals surface area contributed by atoms with Crippen molar-refractivity contribution in [3.63, 3.8) is 0 Å². The maximum absolute atomic E-state index is 11.7. The van der Waals surface area contributed by atoms with Gasteiger partial charge in [-0.25, -0.2) is 4.79 Å². The first-order chi connectivity index (χ1) is 8.05. The molecule has 1 aromatic carbocycles. The van der Waals surface area contributed by atoms with Gasteiger partial charge in [-0.15, -0.1) is 0 Å². The van der Waals surface area contributed by atoms with E-state index in [1.807, 2.05) is 32.0 Å². The molecule has 0 radical (unpaired) electrons. The van der Waals surface area contributed by atoms with Crippen LogP contribution in [0.5, 0.6) is 0 Å². The van der Waals surface area contributed by atoms with Crippen LogP contribution < -0.4 is 5.73 Å². The van der Waals surface area contributed by atoms with Crippen LogP contribution in [0.4, 0.5) is 4.79 Å². The van der Waals surface area contributed by atoms with Gasteiger partial charge in [0.25, 0.3) is 0 Å². The molecule has 0 aromatic heterocycles. The van der Waals surface area contributed by atoms with Crippen molar-refractivity contribution in [3.05, 3.63) is 35.4 Å². The van der Waals surface area contributed by atoms with Crippen LogP contribution in [0.25, 0.3) is 0 Å². The molecule has 17 heavy (non-hydrogen) atoms. The Labute approximate surface area is 101 Å². The molecule has 0 saturated carbocycles. The van der Waals surface area contributed by atoms with Crippen molar-refractivity contribution in [2.45, 2.75) is 25.9 Å². The molecule has 1 amide bonds. The fraction of sp³-hybridized carbons (Fsp3) is 0.462. The van der Waals surface area contributed by atoms with Crippen molar-refractivity contribution in [1.29, 1.82) is 0 Å². The Morgan fingerprint density at radius 3 is 2.94 bits per heavy atom. The van der Waals surface area contributed by atoms with Crippen LogP contribution in [0.15, 0.2) is 24.3 Å². The zero-order valence-corrected chi connectivity index (χ0v) is 10.3. The Kier molecular flexibility index (Phi) is 3.07. The van der Waals surface area contributed by atoms with E-state index < -0.39 is 0 Å². The number of hydrogen-bond donors (Lipinski definition) is 1. The van der Waals surface area contributed by atoms with E-state index in [4.69, 9.17) is 10.5 Å². The molecule has 0 spiro atoms. The molecule has 1 atom stereocenters. The molecule has 1 heterocycles. The summed E-state index contributed by atoms with van der Waals surface area (Å²) in [5.41, 5.74) is 7.63. The second-order valence-electron chi connectivity index (χ2n) is 4.83. The summed E-state index contributed by atoms with van der Waals surface area (Å²) in [7, 11) is 0. The van der Waals surface area contributed by atoms with Gasteiger partial charge in [-0.05, 0) is 19.4 Å². The molecular weight excluding hydrogens is 216 g/mol. The van der Waals surface area contributed by atoms with Gasteiger partial charge in [0.1, 0.15) is 6.61 Å². The van der Waals surface area contributed by atoms with E-state index in [2.05, 4.69) is 6.07 Å². The van der Waals surface area contributed by atoms with Crippen molar-refractivity contribution in [2.75, 3.05) is 13.2 Å². The zero-order valence-electron chi connectivity index (χ0n) is 10.3. The third-order valence-corrected chi connectivity index (χ3v) is 3.24. The number of carbonyl (C=O) groups excluding carboxylic acids is 1. The largest absolute Gasteiger partial charge is 0.447 e. The summed E-state index contributed by atoms with van der Waals surface area (Å²) < 4.78 is 5.08. The standard InChI is InChI=1S/C13H18N2O2/c1-10-4-3-5-11(6-10)7-15-12(16)17-9-13(15,2)8-14/h3-6H,7-9,14H2,1-2H3. The minimum absolute atomic E-state index is 0.278. The van der Waals surface area contributed by atoms with Crippen molar-refractivity contribution in [2.24, 2.45) is 5.73 Å². The lowest BCUT2D eigenvalue weighted by atomic mass is 10.0. The van der Waals surface area contributed by atoms with E-state index in [0.717, 1.165) is 5.56 Å². The van der Waals surface area contributed by atoms with Crippen molar-refractivity contribution < 1.29 is 9.53 Å². The lowest BCUT2D eigenvalue weighted by Gasteiger charge is -2.30. The molecule has 1 aliphatic rings. The number of nitrogens with zero attached hydrogens (tertiary/aromatic N) is 1. The number of cyclic esters (lactones) is 1. The number of nitrogens with two attached hydrogens (primary N) is 1. The molecular formula is C13H18N2O2. The van der Waals surface area contributed by atoms with Crippen LogP contribution in [0, 0.1) is 6.92 Å². The predicted molar refractivity (Wildman–Crippen MR) is 65.5 cm³/mol. The fourth-order valence-corrected chi connectivity index (χ4v) is 2.01. The van der Waals surface area contributed by atoms with Gasteiger partial charge < -0.3 is 10.5 Å². The molecule has 2 N–H and O–H groups in total. The van der Waals surface area contributed by atoms with E-state index in [1.165, 1.54) is 5.56 Å². The van der Waals surface area contributed by atoms with Gasteiger partial charge in [0.15, 0.2) is 0 Å². The molecule has 1 aromatic rings. The molecule has 1 saturated heterocycles. The van der Waals surface area contributed by atoms with Gasteiger partial charge in [-0.2, -0.15) is 0 Å². The summed E-state index contributed by atoms with van der Waals surface area (Å²) in [5, 5.41) is 0. The average molecular weight is 234 g/mol. The summed E-state index contributed by atoms with van der Waals surface area (Å²) in [5.74, 6) is 0. The third-order valence-electron chi connectivity index (χ3n) is 3.24. The second kappa shape index (κ2) is 4.37. The molecule has 92 valence electrons. The number of amides is 1. The van der Waals surface area contributed by atoms with Gasteiger partial charge in [-0.3, -0.25) is 4.90 Å². The minimum atomic E-state index is -0.388. The second-order valence-corrected chi connectivity index (χ2v) is 4.83. The SMILES string of the molecule is Cc1cccc(CN2C(=O)OCC2(C)CN)c1. The number of ether oxygens (including phenoxy) is 1. The summed E-state index contributed by atoms with van der Waals surface area (Å²) in [6.07, 6.45) is -0.278. The first-order valence-corrected chi connectivity index (χ1v) is 5.75. The van der Waals surface area contributed by atoms with Crippen LogP contribution >= 0.6 is 0 Å². The monoisotopic (exact) mass is 234 g/mol. The molecule has 4 heteroatoms. The average Bonchev–Trinajstić information content (AvgIpc) is 2.58. The Morgan fingerprint density at radius 2 is 2.29 bits per heavy atom. The highest BCUT2D eigenvalue weighted by molar-refractivity contribution is 5.71. The Bertz CT molecular complexity index is 433. The number of benzene rings is 1. The summed E-state index contributed by atoms with van der Waals surface area (Å²) >= 11 is 0. The van der Waals surface area contributed by atoms with E-state index in [1.54, 1.807) is 4.90 Å². The topological polar surface area (TPSA) is 55.6 Å². The molecule has 2 rings (SSSR count).